The van der Waals surface area contributed by atoms with Gasteiger partial charge in [-0.3, -0.25) is 9.79 Å². The molecule has 0 bridgehead atoms. The van der Waals surface area contributed by atoms with Gasteiger partial charge in [0, 0.05) is 18.7 Å². The summed E-state index contributed by atoms with van der Waals surface area (Å²) in [5.41, 5.74) is 6.49. The van der Waals surface area contributed by atoms with E-state index in [1.54, 1.807) is 17.0 Å². The molecule has 172 valence electrons. The first-order valence-electron chi connectivity index (χ1n) is 10.6. The molecular weight excluding hydrogens is 412 g/mol. The van der Waals surface area contributed by atoms with Crippen LogP contribution in [0.2, 0.25) is 0 Å². The van der Waals surface area contributed by atoms with Crippen LogP contribution < -0.4 is 10.5 Å². The predicted octanol–water partition coefficient (Wildman–Crippen LogP) is 2.49. The maximum absolute atomic E-state index is 12.2. The zero-order valence-corrected chi connectivity index (χ0v) is 18.7. The van der Waals surface area contributed by atoms with E-state index in [0.29, 0.717) is 24.7 Å². The fourth-order valence-electron chi connectivity index (χ4n) is 3.20. The summed E-state index contributed by atoms with van der Waals surface area (Å²) in [5, 5.41) is 3.80. The van der Waals surface area contributed by atoms with Gasteiger partial charge in [-0.25, -0.2) is 9.78 Å². The fourth-order valence-corrected chi connectivity index (χ4v) is 3.20. The standard InChI is InChI=1S/C22H30N6O4/c1-22(2,3)32-21(30)27-11-8-17(9-12-27)26-20(23)16-4-6-18(7-5-16)31-13-10-19(29)28-15-24-14-25-28/h4-7,14-15,17H,8-13H2,1-3H3,(H2,23,26). The van der Waals surface area contributed by atoms with E-state index in [1.165, 1.54) is 17.3 Å². The molecule has 1 aromatic carbocycles. The number of nitrogens with two attached hydrogens (primary N) is 1. The van der Waals surface area contributed by atoms with Crippen LogP contribution >= 0.6 is 0 Å². The van der Waals surface area contributed by atoms with Crippen LogP contribution in [0.25, 0.3) is 0 Å². The maximum Gasteiger partial charge on any atom is 0.410 e. The largest absolute Gasteiger partial charge is 0.493 e. The number of aromatic nitrogens is 3. The van der Waals surface area contributed by atoms with Gasteiger partial charge in [0.25, 0.3) is 5.91 Å². The SMILES string of the molecule is CC(C)(C)OC(=O)N1CCC(N=C(N)c2ccc(OCCC(=O)n3cncn3)cc2)CC1. The molecule has 1 aliphatic heterocycles. The molecule has 2 heterocycles. The van der Waals surface area contributed by atoms with Crippen LogP contribution in [-0.4, -0.2) is 68.8 Å². The highest BCUT2D eigenvalue weighted by Crippen LogP contribution is 2.18. The van der Waals surface area contributed by atoms with Crippen molar-refractivity contribution in [3.8, 4) is 5.75 Å². The average molecular weight is 443 g/mol. The van der Waals surface area contributed by atoms with Crippen LogP contribution in [0, 0.1) is 0 Å². The third-order valence-electron chi connectivity index (χ3n) is 4.85. The Bertz CT molecular complexity index is 926. The molecule has 3 rings (SSSR count). The molecule has 1 fully saturated rings. The minimum atomic E-state index is -0.501. The highest BCUT2D eigenvalue weighted by Gasteiger charge is 2.26. The van der Waals surface area contributed by atoms with Gasteiger partial charge in [-0.15, -0.1) is 0 Å². The molecule has 0 spiro atoms. The summed E-state index contributed by atoms with van der Waals surface area (Å²) >= 11 is 0. The molecule has 1 aromatic heterocycles. The van der Waals surface area contributed by atoms with Crippen molar-refractivity contribution < 1.29 is 19.1 Å². The molecular formula is C22H30N6O4. The maximum atomic E-state index is 12.2. The Labute approximate surface area is 187 Å². The summed E-state index contributed by atoms with van der Waals surface area (Å²) in [6.45, 7) is 7.00. The van der Waals surface area contributed by atoms with E-state index in [-0.39, 0.29) is 31.1 Å². The molecule has 32 heavy (non-hydrogen) atoms. The molecule has 0 unspecified atom stereocenters. The highest BCUT2D eigenvalue weighted by atomic mass is 16.6. The van der Waals surface area contributed by atoms with E-state index in [2.05, 4.69) is 15.1 Å². The van der Waals surface area contributed by atoms with Crippen LogP contribution in [0.5, 0.6) is 5.75 Å². The Hall–Kier alpha value is -3.43. The van der Waals surface area contributed by atoms with Crippen molar-refractivity contribution in [1.82, 2.24) is 19.7 Å². The van der Waals surface area contributed by atoms with Gasteiger partial charge in [-0.05, 0) is 57.9 Å². The summed E-state index contributed by atoms with van der Waals surface area (Å²) in [7, 11) is 0. The van der Waals surface area contributed by atoms with Crippen LogP contribution in [0.4, 0.5) is 4.79 Å². The monoisotopic (exact) mass is 442 g/mol. The van der Waals surface area contributed by atoms with Gasteiger partial charge in [0.05, 0.1) is 19.1 Å². The number of hydrogen-bond donors (Lipinski definition) is 1. The minimum Gasteiger partial charge on any atom is -0.493 e. The predicted molar refractivity (Wildman–Crippen MR) is 119 cm³/mol. The van der Waals surface area contributed by atoms with Crippen LogP contribution in [0.1, 0.15) is 50.4 Å². The van der Waals surface area contributed by atoms with Gasteiger partial charge < -0.3 is 20.1 Å². The average Bonchev–Trinajstić information content (AvgIpc) is 3.28. The number of amides is 1. The van der Waals surface area contributed by atoms with Crippen LogP contribution in [0.15, 0.2) is 41.9 Å². The van der Waals surface area contributed by atoms with Gasteiger partial charge in [0.15, 0.2) is 0 Å². The van der Waals surface area contributed by atoms with Gasteiger partial charge in [-0.1, -0.05) is 0 Å². The molecule has 10 nitrogen and oxygen atoms in total. The molecule has 1 aliphatic rings. The number of amidine groups is 1. The number of carbonyl (C=O) groups is 2. The van der Waals surface area contributed by atoms with Crippen molar-refractivity contribution in [1.29, 1.82) is 0 Å². The molecule has 10 heteroatoms. The van der Waals surface area contributed by atoms with E-state index in [1.807, 2.05) is 32.9 Å². The lowest BCUT2D eigenvalue weighted by atomic mass is 10.1. The Morgan fingerprint density at radius 2 is 1.88 bits per heavy atom. The third kappa shape index (κ3) is 6.79. The molecule has 0 radical (unpaired) electrons. The van der Waals surface area contributed by atoms with Crippen molar-refractivity contribution in [2.24, 2.45) is 10.7 Å². The van der Waals surface area contributed by atoms with Gasteiger partial charge in [0.2, 0.25) is 0 Å². The number of benzene rings is 1. The topological polar surface area (TPSA) is 125 Å². The first kappa shape index (κ1) is 23.2. The first-order chi connectivity index (χ1) is 15.2. The Morgan fingerprint density at radius 3 is 2.47 bits per heavy atom. The van der Waals surface area contributed by atoms with E-state index in [9.17, 15) is 9.59 Å². The Balaban J connectivity index is 1.45. The molecule has 2 aromatic rings. The van der Waals surface area contributed by atoms with E-state index >= 15 is 0 Å². The summed E-state index contributed by atoms with van der Waals surface area (Å²) in [4.78, 5) is 34.1. The molecule has 1 saturated heterocycles. The molecule has 0 aliphatic carbocycles. The van der Waals surface area contributed by atoms with Crippen molar-refractivity contribution in [3.63, 3.8) is 0 Å². The van der Waals surface area contributed by atoms with E-state index < -0.39 is 5.60 Å². The third-order valence-corrected chi connectivity index (χ3v) is 4.85. The lowest BCUT2D eigenvalue weighted by Gasteiger charge is -2.32. The Morgan fingerprint density at radius 1 is 1.19 bits per heavy atom. The van der Waals surface area contributed by atoms with Crippen molar-refractivity contribution in [2.75, 3.05) is 19.7 Å². The molecule has 0 saturated carbocycles. The second-order valence-corrected chi connectivity index (χ2v) is 8.57. The van der Waals surface area contributed by atoms with Gasteiger partial charge in [0.1, 0.15) is 29.8 Å². The number of aliphatic imine (C=N–C) groups is 1. The van der Waals surface area contributed by atoms with E-state index in [4.69, 9.17) is 15.2 Å². The number of piperidine rings is 1. The summed E-state index contributed by atoms with van der Waals surface area (Å²) < 4.78 is 12.2. The molecule has 0 atom stereocenters. The molecule has 2 N–H and O–H groups in total. The second-order valence-electron chi connectivity index (χ2n) is 8.57. The number of ether oxygens (including phenoxy) is 2. The van der Waals surface area contributed by atoms with Crippen molar-refractivity contribution >= 4 is 17.8 Å². The summed E-state index contributed by atoms with van der Waals surface area (Å²) in [5.74, 6) is 0.903. The first-order valence-corrected chi connectivity index (χ1v) is 10.6. The minimum absolute atomic E-state index is 0.0624. The Kier molecular flexibility index (Phi) is 7.45. The number of carbonyl (C=O) groups excluding carboxylic acids is 2. The zero-order chi connectivity index (χ0) is 23.1. The lowest BCUT2D eigenvalue weighted by Crippen LogP contribution is -2.42. The van der Waals surface area contributed by atoms with Gasteiger partial charge >= 0.3 is 6.09 Å². The second kappa shape index (κ2) is 10.3. The smallest absolute Gasteiger partial charge is 0.410 e. The normalized spacial score (nSPS) is 15.5. The highest BCUT2D eigenvalue weighted by molar-refractivity contribution is 5.97. The number of likely N-dealkylation sites (tertiary alicyclic amines) is 1. The number of nitrogens with zero attached hydrogens (tertiary/aromatic N) is 5. The number of hydrogen-bond acceptors (Lipinski definition) is 7. The van der Waals surface area contributed by atoms with Crippen molar-refractivity contribution in [2.45, 2.75) is 51.7 Å². The quantitative estimate of drug-likeness (QED) is 0.538. The summed E-state index contributed by atoms with van der Waals surface area (Å²) in [6.07, 6.45) is 4.05. The number of rotatable bonds is 6. The fraction of sp³-hybridized carbons (Fsp3) is 0.500. The lowest BCUT2D eigenvalue weighted by molar-refractivity contribution is 0.0207. The van der Waals surface area contributed by atoms with E-state index in [0.717, 1.165) is 18.4 Å². The molecule has 1 amide bonds. The summed E-state index contributed by atoms with van der Waals surface area (Å²) in [6, 6.07) is 7.32. The van der Waals surface area contributed by atoms with Gasteiger partial charge in [-0.2, -0.15) is 9.78 Å². The zero-order valence-electron chi connectivity index (χ0n) is 18.7. The van der Waals surface area contributed by atoms with Crippen LogP contribution in [0.3, 0.4) is 0 Å². The van der Waals surface area contributed by atoms with Crippen LogP contribution in [-0.2, 0) is 4.74 Å². The van der Waals surface area contributed by atoms with Crippen molar-refractivity contribution in [3.05, 3.63) is 42.5 Å².